The van der Waals surface area contributed by atoms with Gasteiger partial charge in [0.05, 0.1) is 11.3 Å². The van der Waals surface area contributed by atoms with Gasteiger partial charge in [-0.15, -0.1) is 0 Å². The van der Waals surface area contributed by atoms with Crippen molar-refractivity contribution in [3.8, 4) is 0 Å². The third kappa shape index (κ3) is 2.37. The highest BCUT2D eigenvalue weighted by Crippen LogP contribution is 2.28. The molecular weight excluding hydrogens is 268 g/mol. The first-order valence-electron chi connectivity index (χ1n) is 5.61. The zero-order chi connectivity index (χ0) is 14.9. The molecular formula is C13H11F2N3O2. The minimum atomic E-state index is -1.25. The van der Waals surface area contributed by atoms with Crippen LogP contribution < -0.4 is 11.1 Å². The Kier molecular flexibility index (Phi) is 3.51. The van der Waals surface area contributed by atoms with E-state index >= 15 is 0 Å². The number of carboxylic acids is 1. The quantitative estimate of drug-likeness (QED) is 0.804. The number of hydrogen-bond donors (Lipinski definition) is 3. The molecule has 0 aliphatic heterocycles. The average molecular weight is 279 g/mol. The summed E-state index contributed by atoms with van der Waals surface area (Å²) in [6, 6.07) is 3.59. The number of nitrogens with two attached hydrogens (primary N) is 1. The highest BCUT2D eigenvalue weighted by Gasteiger charge is 2.16. The Morgan fingerprint density at radius 1 is 1.35 bits per heavy atom. The van der Waals surface area contributed by atoms with Crippen molar-refractivity contribution in [2.24, 2.45) is 0 Å². The molecule has 0 atom stereocenters. The zero-order valence-corrected chi connectivity index (χ0v) is 10.4. The molecule has 20 heavy (non-hydrogen) atoms. The van der Waals surface area contributed by atoms with E-state index < -0.39 is 23.3 Å². The van der Waals surface area contributed by atoms with Crippen LogP contribution in [-0.2, 0) is 0 Å². The molecule has 0 aliphatic carbocycles. The number of aromatic carboxylic acids is 1. The molecule has 0 bridgehead atoms. The van der Waals surface area contributed by atoms with Gasteiger partial charge in [-0.3, -0.25) is 0 Å². The zero-order valence-electron chi connectivity index (χ0n) is 10.4. The largest absolute Gasteiger partial charge is 0.478 e. The van der Waals surface area contributed by atoms with Crippen molar-refractivity contribution in [1.29, 1.82) is 0 Å². The van der Waals surface area contributed by atoms with Crippen LogP contribution in [0.25, 0.3) is 0 Å². The Morgan fingerprint density at radius 3 is 2.70 bits per heavy atom. The van der Waals surface area contributed by atoms with Crippen LogP contribution in [0.3, 0.4) is 0 Å². The van der Waals surface area contributed by atoms with Crippen molar-refractivity contribution < 1.29 is 18.7 Å². The van der Waals surface area contributed by atoms with Gasteiger partial charge >= 0.3 is 5.97 Å². The van der Waals surface area contributed by atoms with Gasteiger partial charge in [0.25, 0.3) is 0 Å². The summed E-state index contributed by atoms with van der Waals surface area (Å²) in [6.07, 6.45) is 1.19. The lowest BCUT2D eigenvalue weighted by atomic mass is 10.2. The molecule has 7 heteroatoms. The predicted octanol–water partition coefficient (Wildman–Crippen LogP) is 2.69. The number of nitrogens with zero attached hydrogens (tertiary/aromatic N) is 1. The maximum atomic E-state index is 13.9. The number of pyridine rings is 1. The second kappa shape index (κ2) is 5.12. The van der Waals surface area contributed by atoms with Gasteiger partial charge in [0.2, 0.25) is 0 Å². The SMILES string of the molecule is Cc1ccc(F)c(Nc2nccc(C(=O)O)c2N)c1F. The van der Waals surface area contributed by atoms with E-state index in [1.165, 1.54) is 25.3 Å². The fraction of sp³-hybridized carbons (Fsp3) is 0.0769. The van der Waals surface area contributed by atoms with Gasteiger partial charge in [0, 0.05) is 6.20 Å². The van der Waals surface area contributed by atoms with E-state index in [0.717, 1.165) is 6.07 Å². The number of aryl methyl sites for hydroxylation is 1. The molecule has 0 amide bonds. The molecule has 1 aromatic heterocycles. The van der Waals surface area contributed by atoms with Gasteiger partial charge in [-0.25, -0.2) is 18.6 Å². The van der Waals surface area contributed by atoms with E-state index in [9.17, 15) is 13.6 Å². The fourth-order valence-electron chi connectivity index (χ4n) is 1.65. The summed E-state index contributed by atoms with van der Waals surface area (Å²) in [4.78, 5) is 14.7. The minimum Gasteiger partial charge on any atom is -0.478 e. The topological polar surface area (TPSA) is 88.2 Å². The first-order chi connectivity index (χ1) is 9.41. The van der Waals surface area contributed by atoms with E-state index in [4.69, 9.17) is 10.8 Å². The van der Waals surface area contributed by atoms with Crippen LogP contribution in [0.2, 0.25) is 0 Å². The molecule has 0 spiro atoms. The Balaban J connectivity index is 2.49. The standard InChI is InChI=1S/C13H11F2N3O2/c1-6-2-3-8(14)11(9(6)15)18-12-10(16)7(13(19)20)4-5-17-12/h2-5H,16H2,1H3,(H,17,18)(H,19,20). The van der Waals surface area contributed by atoms with Crippen LogP contribution in [0.4, 0.5) is 26.0 Å². The van der Waals surface area contributed by atoms with Gasteiger partial charge in [0.15, 0.2) is 11.6 Å². The molecule has 0 fully saturated rings. The number of carbonyl (C=O) groups is 1. The molecule has 5 nitrogen and oxygen atoms in total. The number of nitrogen functional groups attached to an aromatic ring is 1. The summed E-state index contributed by atoms with van der Waals surface area (Å²) in [5, 5.41) is 11.3. The molecule has 0 radical (unpaired) electrons. The lowest BCUT2D eigenvalue weighted by Crippen LogP contribution is -2.08. The van der Waals surface area contributed by atoms with Crippen LogP contribution in [0, 0.1) is 18.6 Å². The van der Waals surface area contributed by atoms with Crippen molar-refractivity contribution in [1.82, 2.24) is 4.98 Å². The van der Waals surface area contributed by atoms with Crippen LogP contribution in [-0.4, -0.2) is 16.1 Å². The number of nitrogens with one attached hydrogen (secondary N) is 1. The number of aromatic nitrogens is 1. The lowest BCUT2D eigenvalue weighted by molar-refractivity contribution is 0.0698. The van der Waals surface area contributed by atoms with E-state index in [0.29, 0.717) is 0 Å². The van der Waals surface area contributed by atoms with Crippen LogP contribution in [0.5, 0.6) is 0 Å². The first-order valence-corrected chi connectivity index (χ1v) is 5.61. The fourth-order valence-corrected chi connectivity index (χ4v) is 1.65. The van der Waals surface area contributed by atoms with Crippen LogP contribution in [0.1, 0.15) is 15.9 Å². The molecule has 0 saturated heterocycles. The third-order valence-electron chi connectivity index (χ3n) is 2.75. The Morgan fingerprint density at radius 2 is 2.05 bits per heavy atom. The first kappa shape index (κ1) is 13.7. The van der Waals surface area contributed by atoms with Crippen molar-refractivity contribution in [3.05, 3.63) is 47.2 Å². The number of anilines is 3. The van der Waals surface area contributed by atoms with Gasteiger partial charge in [-0.1, -0.05) is 6.07 Å². The van der Waals surface area contributed by atoms with Crippen LogP contribution in [0.15, 0.2) is 24.4 Å². The Labute approximate surface area is 113 Å². The number of halogens is 2. The monoisotopic (exact) mass is 279 g/mol. The second-order valence-corrected chi connectivity index (χ2v) is 4.10. The predicted molar refractivity (Wildman–Crippen MR) is 70.0 cm³/mol. The van der Waals surface area contributed by atoms with Crippen LogP contribution >= 0.6 is 0 Å². The van der Waals surface area contributed by atoms with Crippen molar-refractivity contribution in [2.75, 3.05) is 11.1 Å². The van der Waals surface area contributed by atoms with Crippen molar-refractivity contribution >= 4 is 23.2 Å². The van der Waals surface area contributed by atoms with Crippen molar-refractivity contribution in [3.63, 3.8) is 0 Å². The molecule has 2 aromatic rings. The Bertz CT molecular complexity index is 690. The van der Waals surface area contributed by atoms with Gasteiger partial charge in [-0.2, -0.15) is 0 Å². The van der Waals surface area contributed by atoms with E-state index in [2.05, 4.69) is 10.3 Å². The molecule has 4 N–H and O–H groups in total. The van der Waals surface area contributed by atoms with Crippen molar-refractivity contribution in [2.45, 2.75) is 6.92 Å². The highest BCUT2D eigenvalue weighted by molar-refractivity contribution is 5.96. The number of hydrogen-bond acceptors (Lipinski definition) is 4. The second-order valence-electron chi connectivity index (χ2n) is 4.10. The smallest absolute Gasteiger partial charge is 0.337 e. The Hall–Kier alpha value is -2.70. The van der Waals surface area contributed by atoms with Gasteiger partial charge in [0.1, 0.15) is 11.5 Å². The molecule has 1 heterocycles. The number of benzene rings is 1. The normalized spacial score (nSPS) is 10.3. The summed E-state index contributed by atoms with van der Waals surface area (Å²) in [5.41, 5.74) is 5.04. The summed E-state index contributed by atoms with van der Waals surface area (Å²) < 4.78 is 27.5. The minimum absolute atomic E-state index is 0.117. The molecule has 0 unspecified atom stereocenters. The number of rotatable bonds is 3. The van der Waals surface area contributed by atoms with E-state index in [1.807, 2.05) is 0 Å². The molecule has 1 aromatic carbocycles. The summed E-state index contributed by atoms with van der Waals surface area (Å²) in [7, 11) is 0. The average Bonchev–Trinajstić information content (AvgIpc) is 2.40. The number of carboxylic acid groups (broad SMARTS) is 1. The van der Waals surface area contributed by atoms with E-state index in [-0.39, 0.29) is 22.6 Å². The highest BCUT2D eigenvalue weighted by atomic mass is 19.1. The molecule has 2 rings (SSSR count). The summed E-state index contributed by atoms with van der Waals surface area (Å²) in [6.45, 7) is 1.48. The molecule has 0 aliphatic rings. The maximum Gasteiger partial charge on any atom is 0.337 e. The molecule has 0 saturated carbocycles. The molecule has 104 valence electrons. The van der Waals surface area contributed by atoms with Gasteiger partial charge < -0.3 is 16.2 Å². The maximum absolute atomic E-state index is 13.9. The van der Waals surface area contributed by atoms with Gasteiger partial charge in [-0.05, 0) is 24.6 Å². The summed E-state index contributed by atoms with van der Waals surface area (Å²) >= 11 is 0. The van der Waals surface area contributed by atoms with E-state index in [1.54, 1.807) is 0 Å². The third-order valence-corrected chi connectivity index (χ3v) is 2.75. The lowest BCUT2D eigenvalue weighted by Gasteiger charge is -2.12. The summed E-state index contributed by atoms with van der Waals surface area (Å²) in [5.74, 6) is -2.98.